The molecule has 5 aromatic heterocycles. The van der Waals surface area contributed by atoms with Crippen molar-refractivity contribution in [1.29, 1.82) is 0 Å². The van der Waals surface area contributed by atoms with E-state index >= 15 is 0 Å². The highest BCUT2D eigenvalue weighted by molar-refractivity contribution is 5.94. The van der Waals surface area contributed by atoms with Gasteiger partial charge in [-0.1, -0.05) is 52.0 Å². The zero-order valence-electron chi connectivity index (χ0n) is 79.4. The second-order valence-electron chi connectivity index (χ2n) is 36.1. The molecule has 776 valence electrons. The Morgan fingerprint density at radius 1 is 0.370 bits per heavy atom. The summed E-state index contributed by atoms with van der Waals surface area (Å²) < 4.78 is 187. The van der Waals surface area contributed by atoms with E-state index in [1.807, 2.05) is 87.0 Å². The van der Waals surface area contributed by atoms with Gasteiger partial charge < -0.3 is 94.5 Å². The number of ether oxygens (including phenoxy) is 11. The third-order valence-electron chi connectivity index (χ3n) is 25.7. The molecule has 5 aromatic carbocycles. The number of fused-ring (bicyclic) bond motifs is 15. The summed E-state index contributed by atoms with van der Waals surface area (Å²) in [6.07, 6.45) is -9.34. The summed E-state index contributed by atoms with van der Waals surface area (Å²) in [5, 5.41) is 8.89. The van der Waals surface area contributed by atoms with Crippen molar-refractivity contribution in [2.24, 2.45) is 58.3 Å². The highest BCUT2D eigenvalue weighted by atomic mass is 19.3. The second-order valence-corrected chi connectivity index (χ2v) is 36.1. The van der Waals surface area contributed by atoms with E-state index < -0.39 is 118 Å². The fourth-order valence-corrected chi connectivity index (χ4v) is 17.7. The standard InChI is InChI=1S/C21H24F2N4O4.C19H19F3N4O4.C19H20F2N4O4.C19H22N4O4.C18H18F2N4O5/c1-11(2)14(19(24)28)7-12-3-4-13-16(8-12)30-6-5-26-9-17(25-20(13)26)27-15(18(22)23)10-31-21(27)29;20-7-11(17(23)27)5-10-1-2-12-14(6-10)29-4-3-25-8-15(24-18(12)25)26-13(16(21)22)9-30-19(26)28;1-10(17(22)26)6-11-2-3-12-14(7-11)28-5-4-24-8-15(23-18(12)24)25-13(16(20)21)9-29-19(25)27;1-11(18(20)24)7-13-3-4-14-15-9-17(23-12(2)10-27-19(23)25)21-22(15)5-6-26-16(14)8-13;1-9(17(21)25)29-10-2-3-11-12-7-15(22-23(12)4-5-27-14(11)6-10)24-13(16(19)20)8-28-18(24)26/h3-4,8-9,11,14-15,18H,5-7,10H2,1-2H3,(H2,24,28);1-2,6,8,11,13,16H,3-5,7,9H2,(H2,23,27);2-3,7-8,10,13,16H,4-6,9H2,1H3,(H2,22,26);3-4,8-9,11-12H,5-7,10H2,1-2H3,(H2,20,24);2-3,6-7,9,13,16H,4-5,8H2,1H3,(H2,21,25)/t14-,15-;11-,13-;10-,13+;11-,12-;9-,13-/m00110/s1. The van der Waals surface area contributed by atoms with Gasteiger partial charge in [-0.25, -0.2) is 93.6 Å². The molecule has 10 N–H and O–H groups in total. The smallest absolute Gasteiger partial charge is 0.416 e. The summed E-state index contributed by atoms with van der Waals surface area (Å²) >= 11 is 0. The van der Waals surface area contributed by atoms with Crippen molar-refractivity contribution in [3.05, 3.63) is 144 Å². The number of hydrogen-bond donors (Lipinski definition) is 5. The van der Waals surface area contributed by atoms with Gasteiger partial charge in [-0.2, -0.15) is 10.2 Å². The molecule has 10 aliphatic heterocycles. The summed E-state index contributed by atoms with van der Waals surface area (Å²) in [6.45, 7) is 12.7. The van der Waals surface area contributed by atoms with Gasteiger partial charge in [-0.3, -0.25) is 42.6 Å². The number of anilines is 5. The summed E-state index contributed by atoms with van der Waals surface area (Å²) in [5.41, 5.74) is 35.1. The highest BCUT2D eigenvalue weighted by Gasteiger charge is 2.48. The third-order valence-corrected chi connectivity index (χ3v) is 25.7. The van der Waals surface area contributed by atoms with Crippen LogP contribution in [0.2, 0.25) is 0 Å². The van der Waals surface area contributed by atoms with Crippen molar-refractivity contribution >= 4 is 89.1 Å². The van der Waals surface area contributed by atoms with Crippen LogP contribution in [0.15, 0.2) is 122 Å². The molecule has 146 heavy (non-hydrogen) atoms. The molecule has 0 saturated carbocycles. The van der Waals surface area contributed by atoms with Crippen LogP contribution in [0.3, 0.4) is 0 Å². The van der Waals surface area contributed by atoms with Crippen molar-refractivity contribution in [1.82, 2.24) is 48.2 Å². The molecule has 10 amide bonds. The maximum Gasteiger partial charge on any atom is 0.416 e. The molecule has 5 saturated heterocycles. The molecule has 0 unspecified atom stereocenters. The number of carbonyl (C=O) groups is 10. The fraction of sp³-hybridized carbons (Fsp3) is 0.427. The molecule has 41 nitrogen and oxygen atoms in total. The Morgan fingerprint density at radius 2 is 0.692 bits per heavy atom. The van der Waals surface area contributed by atoms with Crippen LogP contribution in [0.1, 0.15) is 63.8 Å². The molecule has 0 spiro atoms. The monoisotopic (exact) mass is 2040 g/mol. The highest BCUT2D eigenvalue weighted by Crippen LogP contribution is 2.45. The van der Waals surface area contributed by atoms with Gasteiger partial charge in [0.15, 0.2) is 35.2 Å². The van der Waals surface area contributed by atoms with Crippen LogP contribution < -0.4 is 81.6 Å². The maximum atomic E-state index is 13.3. The predicted molar refractivity (Wildman–Crippen MR) is 501 cm³/mol. The number of carbonyl (C=O) groups excluding carboxylic acids is 10. The lowest BCUT2D eigenvalue weighted by atomic mass is 9.88. The number of hydrogen-bond acceptors (Lipinski definition) is 26. The first kappa shape index (κ1) is 103. The van der Waals surface area contributed by atoms with E-state index in [0.29, 0.717) is 164 Å². The number of primary amides is 5. The van der Waals surface area contributed by atoms with Gasteiger partial charge in [0.25, 0.3) is 31.6 Å². The first-order valence-corrected chi connectivity index (χ1v) is 46.6. The summed E-state index contributed by atoms with van der Waals surface area (Å²) in [7, 11) is 0. The normalized spacial score (nSPS) is 19.2. The Labute approximate surface area is 826 Å². The zero-order valence-corrected chi connectivity index (χ0v) is 79.4. The third kappa shape index (κ3) is 22.1. The van der Waals surface area contributed by atoms with Crippen molar-refractivity contribution in [2.75, 3.05) is 97.2 Å². The molecule has 0 radical (unpaired) electrons. The summed E-state index contributed by atoms with van der Waals surface area (Å²) in [6, 6.07) is 24.8. The minimum atomic E-state index is -2.77. The minimum absolute atomic E-state index is 0.0509. The van der Waals surface area contributed by atoms with E-state index in [9.17, 15) is 87.5 Å². The molecule has 15 heterocycles. The lowest BCUT2D eigenvalue weighted by Crippen LogP contribution is -2.39. The number of amides is 10. The SMILES string of the molecule is CC(C)[C@H](Cc1ccc2c(c1)OCCn1cc(N3C(=O)OC[C@H]3C(F)F)nc1-2)C(N)=O.C[C@H](Cc1ccc2c(c1)OCCn1cc(N3C(=O)OC[C@H]3C(F)F)nc1-2)C(N)=O.C[C@H](Cc1ccc2c(c1)OCCn1nc(N3C(=O)OC[C@H]3C)cc1-2)C(N)=O.C[C@H](Oc1ccc2c(c1)OCCn1nc(N3C(=O)OC[C@H]3C(F)F)cc1-2)C(N)=O.NC(=O)[C@H](CF)Cc1ccc2c(c1)OCCn1cc(N3C(=O)OC[C@H]3C(F)F)nc1-2. The van der Waals surface area contributed by atoms with Gasteiger partial charge in [-0.15, -0.1) is 0 Å². The van der Waals surface area contributed by atoms with Crippen LogP contribution in [0.5, 0.6) is 34.5 Å². The van der Waals surface area contributed by atoms with Crippen molar-refractivity contribution < 1.29 is 140 Å². The van der Waals surface area contributed by atoms with Crippen LogP contribution in [-0.4, -0.2) is 243 Å². The number of imidazole rings is 3. The average molecular weight is 2040 g/mol. The Morgan fingerprint density at radius 3 is 1.03 bits per heavy atom. The number of benzene rings is 5. The van der Waals surface area contributed by atoms with E-state index in [-0.39, 0.29) is 110 Å². The Kier molecular flexibility index (Phi) is 30.8. The Hall–Kier alpha value is -16.0. The van der Waals surface area contributed by atoms with Crippen molar-refractivity contribution in [3.8, 4) is 91.2 Å². The summed E-state index contributed by atoms with van der Waals surface area (Å²) in [4.78, 5) is 135. The van der Waals surface area contributed by atoms with Gasteiger partial charge in [0, 0.05) is 65.7 Å². The first-order chi connectivity index (χ1) is 69.8. The molecule has 0 bridgehead atoms. The second kappa shape index (κ2) is 43.7. The Balaban J connectivity index is 0.000000131. The number of nitrogens with zero attached hydrogens (tertiary/aromatic N) is 15. The number of cyclic esters (lactones) is 5. The van der Waals surface area contributed by atoms with Crippen LogP contribution in [0.4, 0.5) is 92.6 Å². The van der Waals surface area contributed by atoms with E-state index in [2.05, 4.69) is 25.1 Å². The van der Waals surface area contributed by atoms with Gasteiger partial charge in [0.05, 0.1) is 72.8 Å². The molecular formula is C96H103F9N20O21. The van der Waals surface area contributed by atoms with E-state index in [4.69, 9.17) is 80.8 Å². The van der Waals surface area contributed by atoms with Gasteiger partial charge in [-0.05, 0) is 128 Å². The maximum absolute atomic E-state index is 13.3. The topological polar surface area (TPSA) is 508 Å². The first-order valence-electron chi connectivity index (χ1n) is 46.6. The molecule has 5 fully saturated rings. The molecule has 10 atom stereocenters. The summed E-state index contributed by atoms with van der Waals surface area (Å²) in [5.74, 6) is 1.58. The van der Waals surface area contributed by atoms with E-state index in [1.165, 1.54) is 13.1 Å². The van der Waals surface area contributed by atoms with Crippen LogP contribution in [0.25, 0.3) is 56.7 Å². The van der Waals surface area contributed by atoms with E-state index in [0.717, 1.165) is 53.3 Å². The molecule has 50 heteroatoms. The van der Waals surface area contributed by atoms with Crippen molar-refractivity contribution in [2.45, 2.75) is 162 Å². The largest absolute Gasteiger partial charge is 0.491 e. The number of nitrogens with two attached hydrogens (primary N) is 5. The van der Waals surface area contributed by atoms with Crippen molar-refractivity contribution in [3.63, 3.8) is 0 Å². The number of halogens is 9. The molecule has 0 aliphatic carbocycles. The average Bonchev–Trinajstić information content (AvgIpc) is 1.63. The van der Waals surface area contributed by atoms with Gasteiger partial charge in [0.1, 0.15) is 149 Å². The van der Waals surface area contributed by atoms with Gasteiger partial charge in [0.2, 0.25) is 23.6 Å². The minimum Gasteiger partial charge on any atom is -0.491 e. The number of alkyl halides is 9. The van der Waals surface area contributed by atoms with Crippen LogP contribution in [0, 0.1) is 29.6 Å². The molecule has 10 aliphatic rings. The number of rotatable bonds is 26. The predicted octanol–water partition coefficient (Wildman–Crippen LogP) is 10.9. The lowest BCUT2D eigenvalue weighted by molar-refractivity contribution is -0.124. The van der Waals surface area contributed by atoms with Crippen LogP contribution >= 0.6 is 0 Å². The van der Waals surface area contributed by atoms with Crippen LogP contribution in [-0.2, 0) is 106 Å². The Bertz CT molecular complexity index is 6460. The lowest BCUT2D eigenvalue weighted by Gasteiger charge is -2.18. The quantitative estimate of drug-likeness (QED) is 0.0248. The molecular weight excluding hydrogens is 1940 g/mol. The number of aromatic nitrogens is 10. The zero-order chi connectivity index (χ0) is 104. The van der Waals surface area contributed by atoms with E-state index in [1.54, 1.807) is 91.1 Å². The fourth-order valence-electron chi connectivity index (χ4n) is 17.7. The van der Waals surface area contributed by atoms with Gasteiger partial charge >= 0.3 is 30.5 Å². The molecule has 20 rings (SSSR count). The molecule has 10 aromatic rings.